The third-order valence-corrected chi connectivity index (χ3v) is 3.56. The van der Waals surface area contributed by atoms with E-state index >= 15 is 0 Å². The van der Waals surface area contributed by atoms with Gasteiger partial charge in [0.05, 0.1) is 0 Å². The van der Waals surface area contributed by atoms with Gasteiger partial charge >= 0.3 is 0 Å². The molecule has 0 amide bonds. The van der Waals surface area contributed by atoms with E-state index in [2.05, 4.69) is 0 Å². The lowest BCUT2D eigenvalue weighted by Gasteiger charge is -2.01. The van der Waals surface area contributed by atoms with Crippen LogP contribution < -0.4 is 5.30 Å². The monoisotopic (exact) mass is 240 g/mol. The number of alkyl halides is 1. The second-order valence-electron chi connectivity index (χ2n) is 2.34. The average Bonchev–Trinajstić information content (AvgIpc) is 2.06. The van der Waals surface area contributed by atoms with E-state index in [-0.39, 0.29) is 0 Å². The molecule has 0 saturated carbocycles. The maximum Gasteiger partial charge on any atom is 0.116 e. The highest BCUT2D eigenvalue weighted by Crippen LogP contribution is 2.45. The molecule has 1 aromatic rings. The zero-order chi connectivity index (χ0) is 8.97. The maximum absolute atomic E-state index is 5.74. The van der Waals surface area contributed by atoms with Crippen molar-refractivity contribution in [3.8, 4) is 0 Å². The van der Waals surface area contributed by atoms with Crippen molar-refractivity contribution >= 4 is 46.0 Å². The van der Waals surface area contributed by atoms with Gasteiger partial charge in [-0.15, -0.1) is 11.6 Å². The molecule has 0 N–H and O–H groups in total. The van der Waals surface area contributed by atoms with Crippen molar-refractivity contribution in [3.63, 3.8) is 0 Å². The molecule has 0 bridgehead atoms. The Bertz CT molecular complexity index is 233. The minimum Gasteiger partial charge on any atom is -0.126 e. The quantitative estimate of drug-likeness (QED) is 0.556. The Labute approximate surface area is 88.2 Å². The Kier molecular flexibility index (Phi) is 4.68. The van der Waals surface area contributed by atoms with Gasteiger partial charge in [0.2, 0.25) is 0 Å². The van der Waals surface area contributed by atoms with Crippen LogP contribution in [-0.2, 0) is 6.42 Å². The Balaban J connectivity index is 2.71. The van der Waals surface area contributed by atoms with Crippen LogP contribution >= 0.6 is 40.7 Å². The first-order valence-electron chi connectivity index (χ1n) is 3.50. The van der Waals surface area contributed by atoms with Crippen molar-refractivity contribution in [1.29, 1.82) is 0 Å². The van der Waals surface area contributed by atoms with Gasteiger partial charge in [-0.05, 0) is 12.0 Å². The van der Waals surface area contributed by atoms with Crippen molar-refractivity contribution in [2.24, 2.45) is 0 Å². The van der Waals surface area contributed by atoms with E-state index < -0.39 is 6.63 Å². The van der Waals surface area contributed by atoms with E-state index in [1.54, 1.807) is 0 Å². The van der Waals surface area contributed by atoms with Gasteiger partial charge in [-0.1, -0.05) is 46.7 Å². The van der Waals surface area contributed by atoms with Crippen LogP contribution in [0.15, 0.2) is 24.3 Å². The number of hydrogen-bond donors (Lipinski definition) is 0. The van der Waals surface area contributed by atoms with Gasteiger partial charge in [0.15, 0.2) is 0 Å². The molecule has 0 aliphatic rings. The van der Waals surface area contributed by atoms with Gasteiger partial charge in [-0.2, -0.15) is 0 Å². The Morgan fingerprint density at radius 3 is 2.08 bits per heavy atom. The predicted octanol–water partition coefficient (Wildman–Crippen LogP) is 3.88. The highest BCUT2D eigenvalue weighted by Gasteiger charge is 2.02. The molecule has 0 aliphatic carbocycles. The summed E-state index contributed by atoms with van der Waals surface area (Å²) in [5.41, 5.74) is 1.22. The molecule has 0 aromatic heterocycles. The summed E-state index contributed by atoms with van der Waals surface area (Å²) in [6.07, 6.45) is 0.893. The molecule has 0 radical (unpaired) electrons. The minimum absolute atomic E-state index is 0.649. The molecule has 0 spiro atoms. The molecular formula is C8H8Cl3P. The molecule has 66 valence electrons. The summed E-state index contributed by atoms with van der Waals surface area (Å²) in [7, 11) is 0. The normalized spacial score (nSPS) is 10.7. The first kappa shape index (κ1) is 10.6. The molecular weight excluding hydrogens is 233 g/mol. The van der Waals surface area contributed by atoms with Crippen molar-refractivity contribution in [2.45, 2.75) is 6.42 Å². The van der Waals surface area contributed by atoms with Gasteiger partial charge in [0, 0.05) is 11.2 Å². The molecule has 12 heavy (non-hydrogen) atoms. The van der Waals surface area contributed by atoms with Crippen LogP contribution in [0, 0.1) is 0 Å². The summed E-state index contributed by atoms with van der Waals surface area (Å²) in [5.74, 6) is 0.649. The van der Waals surface area contributed by atoms with Crippen molar-refractivity contribution in [3.05, 3.63) is 29.8 Å². The molecule has 0 heterocycles. The molecule has 0 fully saturated rings. The first-order valence-corrected chi connectivity index (χ1v) is 7.19. The molecule has 4 heteroatoms. The summed E-state index contributed by atoms with van der Waals surface area (Å²) >= 11 is 17.1. The number of aryl methyl sites for hydroxylation is 1. The van der Waals surface area contributed by atoms with Crippen LogP contribution in [0.4, 0.5) is 0 Å². The zero-order valence-electron chi connectivity index (χ0n) is 6.30. The van der Waals surface area contributed by atoms with E-state index in [1.165, 1.54) is 5.56 Å². The highest BCUT2D eigenvalue weighted by atomic mass is 35.9. The van der Waals surface area contributed by atoms with Gasteiger partial charge in [0.1, 0.15) is 6.63 Å². The highest BCUT2D eigenvalue weighted by molar-refractivity contribution is 8.08. The lowest BCUT2D eigenvalue weighted by atomic mass is 10.2. The van der Waals surface area contributed by atoms with Gasteiger partial charge in [-0.3, -0.25) is 0 Å². The van der Waals surface area contributed by atoms with E-state index in [4.69, 9.17) is 34.1 Å². The Morgan fingerprint density at radius 1 is 1.08 bits per heavy atom. The van der Waals surface area contributed by atoms with Crippen LogP contribution in [0.5, 0.6) is 0 Å². The van der Waals surface area contributed by atoms with Gasteiger partial charge < -0.3 is 0 Å². The molecule has 0 nitrogen and oxygen atoms in total. The number of benzene rings is 1. The fraction of sp³-hybridized carbons (Fsp3) is 0.250. The number of rotatable bonds is 3. The molecule has 1 aromatic carbocycles. The molecule has 0 saturated heterocycles. The number of halogens is 3. The Morgan fingerprint density at radius 2 is 1.67 bits per heavy atom. The predicted molar refractivity (Wildman–Crippen MR) is 59.1 cm³/mol. The SMILES string of the molecule is ClCCc1ccc(P(Cl)Cl)cc1. The van der Waals surface area contributed by atoms with Crippen molar-refractivity contribution in [1.82, 2.24) is 0 Å². The maximum atomic E-state index is 5.74. The fourth-order valence-electron chi connectivity index (χ4n) is 0.884. The summed E-state index contributed by atoms with van der Waals surface area (Å²) in [6, 6.07) is 7.93. The third kappa shape index (κ3) is 3.11. The van der Waals surface area contributed by atoms with Crippen molar-refractivity contribution < 1.29 is 0 Å². The molecule has 0 aliphatic heterocycles. The van der Waals surface area contributed by atoms with E-state index in [0.717, 1.165) is 11.7 Å². The molecule has 1 rings (SSSR count). The third-order valence-electron chi connectivity index (χ3n) is 1.51. The second-order valence-corrected chi connectivity index (χ2v) is 6.25. The van der Waals surface area contributed by atoms with Gasteiger partial charge in [0.25, 0.3) is 0 Å². The summed E-state index contributed by atoms with van der Waals surface area (Å²) in [6.45, 7) is -1.01. The second kappa shape index (κ2) is 5.29. The lowest BCUT2D eigenvalue weighted by Crippen LogP contribution is -1.95. The largest absolute Gasteiger partial charge is 0.126 e. The first-order chi connectivity index (χ1) is 5.74. The summed E-state index contributed by atoms with van der Waals surface area (Å²) < 4.78 is 0. The van der Waals surface area contributed by atoms with E-state index in [9.17, 15) is 0 Å². The van der Waals surface area contributed by atoms with Crippen LogP contribution in [0.3, 0.4) is 0 Å². The van der Waals surface area contributed by atoms with Crippen LogP contribution in [0.1, 0.15) is 5.56 Å². The average molecular weight is 241 g/mol. The fourth-order valence-corrected chi connectivity index (χ4v) is 2.15. The summed E-state index contributed by atoms with van der Waals surface area (Å²) in [4.78, 5) is 0. The Hall–Kier alpha value is 0.520. The smallest absolute Gasteiger partial charge is 0.116 e. The van der Waals surface area contributed by atoms with Crippen molar-refractivity contribution in [2.75, 3.05) is 5.88 Å². The van der Waals surface area contributed by atoms with Gasteiger partial charge in [-0.25, -0.2) is 0 Å². The molecule has 0 atom stereocenters. The van der Waals surface area contributed by atoms with Crippen LogP contribution in [-0.4, -0.2) is 5.88 Å². The van der Waals surface area contributed by atoms with Crippen LogP contribution in [0.25, 0.3) is 0 Å². The lowest BCUT2D eigenvalue weighted by molar-refractivity contribution is 1.15. The summed E-state index contributed by atoms with van der Waals surface area (Å²) in [5, 5.41) is 0.992. The van der Waals surface area contributed by atoms with Crippen LogP contribution in [0.2, 0.25) is 0 Å². The zero-order valence-corrected chi connectivity index (χ0v) is 9.47. The van der Waals surface area contributed by atoms with E-state index in [0.29, 0.717) is 5.88 Å². The molecule has 0 unspecified atom stereocenters. The standard InChI is InChI=1S/C8H8Cl3P/c9-6-5-7-1-3-8(4-2-7)12(10)11/h1-4H,5-6H2. The van der Waals surface area contributed by atoms with E-state index in [1.807, 2.05) is 24.3 Å². The minimum atomic E-state index is -1.01. The number of hydrogen-bond acceptors (Lipinski definition) is 0. The topological polar surface area (TPSA) is 0 Å².